The van der Waals surface area contributed by atoms with Gasteiger partial charge in [0.15, 0.2) is 0 Å². The second kappa shape index (κ2) is 7.22. The lowest BCUT2D eigenvalue weighted by Gasteiger charge is -2.30. The Morgan fingerprint density at radius 2 is 2.05 bits per heavy atom. The van der Waals surface area contributed by atoms with Gasteiger partial charge < -0.3 is 16.8 Å². The van der Waals surface area contributed by atoms with Gasteiger partial charge in [-0.3, -0.25) is 14.9 Å². The first-order chi connectivity index (χ1) is 10.5. The summed E-state index contributed by atoms with van der Waals surface area (Å²) in [6.07, 6.45) is 5.62. The van der Waals surface area contributed by atoms with E-state index < -0.39 is 10.8 Å². The topological polar surface area (TPSA) is 124 Å². The summed E-state index contributed by atoms with van der Waals surface area (Å²) in [6, 6.07) is 4.12. The third-order valence-corrected chi connectivity index (χ3v) is 4.31. The lowest BCUT2D eigenvalue weighted by atomic mass is 9.84. The molecule has 0 radical (unpaired) electrons. The maximum atomic E-state index is 12.4. The number of nitrogens with one attached hydrogen (secondary N) is 1. The Kier molecular flexibility index (Phi) is 5.32. The van der Waals surface area contributed by atoms with Crippen LogP contribution in [0.2, 0.25) is 0 Å². The molecule has 1 aliphatic rings. The van der Waals surface area contributed by atoms with Crippen LogP contribution >= 0.6 is 0 Å². The van der Waals surface area contributed by atoms with E-state index in [0.29, 0.717) is 12.5 Å². The quantitative estimate of drug-likeness (QED) is 0.435. The van der Waals surface area contributed by atoms with Crippen molar-refractivity contribution in [3.05, 3.63) is 33.9 Å². The number of anilines is 1. The molecule has 0 bridgehead atoms. The van der Waals surface area contributed by atoms with Crippen LogP contribution in [-0.2, 0) is 0 Å². The highest BCUT2D eigenvalue weighted by Gasteiger charge is 2.26. The van der Waals surface area contributed by atoms with Crippen LogP contribution in [0.3, 0.4) is 0 Å². The maximum Gasteiger partial charge on any atom is 0.292 e. The van der Waals surface area contributed by atoms with E-state index in [-0.39, 0.29) is 23.0 Å². The molecule has 1 aliphatic carbocycles. The standard InChI is InChI=1S/C15H22N4O3/c16-9-12(10-5-2-1-3-6-10)18-15(20)11-7-4-8-13(14(11)17)19(21)22/h4,7-8,10,12H,1-3,5-6,9,16-17H2,(H,18,20). The third-order valence-electron chi connectivity index (χ3n) is 4.31. The smallest absolute Gasteiger partial charge is 0.292 e. The predicted octanol–water partition coefficient (Wildman–Crippen LogP) is 1.81. The van der Waals surface area contributed by atoms with E-state index in [2.05, 4.69) is 5.32 Å². The van der Waals surface area contributed by atoms with Gasteiger partial charge in [0.1, 0.15) is 5.69 Å². The van der Waals surface area contributed by atoms with Crippen molar-refractivity contribution in [2.75, 3.05) is 12.3 Å². The zero-order valence-electron chi connectivity index (χ0n) is 12.5. The summed E-state index contributed by atoms with van der Waals surface area (Å²) in [7, 11) is 0. The van der Waals surface area contributed by atoms with Crippen LogP contribution in [0.15, 0.2) is 18.2 Å². The number of nitrogens with zero attached hydrogens (tertiary/aromatic N) is 1. The van der Waals surface area contributed by atoms with Crippen molar-refractivity contribution in [3.8, 4) is 0 Å². The second-order valence-electron chi connectivity index (χ2n) is 5.71. The first-order valence-electron chi connectivity index (χ1n) is 7.58. The first-order valence-corrected chi connectivity index (χ1v) is 7.58. The van der Waals surface area contributed by atoms with Crippen molar-refractivity contribution < 1.29 is 9.72 Å². The minimum atomic E-state index is -0.590. The van der Waals surface area contributed by atoms with Crippen molar-refractivity contribution in [2.24, 2.45) is 11.7 Å². The lowest BCUT2D eigenvalue weighted by molar-refractivity contribution is -0.383. The molecule has 2 rings (SSSR count). The highest BCUT2D eigenvalue weighted by molar-refractivity contribution is 6.01. The van der Waals surface area contributed by atoms with Crippen LogP contribution in [0.1, 0.15) is 42.5 Å². The van der Waals surface area contributed by atoms with E-state index in [4.69, 9.17) is 11.5 Å². The molecule has 1 aromatic carbocycles. The Bertz CT molecular complexity index is 556. The van der Waals surface area contributed by atoms with E-state index >= 15 is 0 Å². The summed E-state index contributed by atoms with van der Waals surface area (Å²) in [4.78, 5) is 22.7. The van der Waals surface area contributed by atoms with Gasteiger partial charge in [0.2, 0.25) is 0 Å². The van der Waals surface area contributed by atoms with E-state index in [1.54, 1.807) is 0 Å². The molecule has 7 nitrogen and oxygen atoms in total. The minimum absolute atomic E-state index is 0.107. The van der Waals surface area contributed by atoms with Crippen LogP contribution in [0.5, 0.6) is 0 Å². The van der Waals surface area contributed by atoms with Crippen molar-refractivity contribution >= 4 is 17.3 Å². The Morgan fingerprint density at radius 3 is 2.64 bits per heavy atom. The molecule has 1 amide bonds. The van der Waals surface area contributed by atoms with E-state index in [1.807, 2.05) is 0 Å². The maximum absolute atomic E-state index is 12.4. The molecular weight excluding hydrogens is 284 g/mol. The number of carbonyl (C=O) groups excluding carboxylic acids is 1. The number of para-hydroxylation sites is 1. The van der Waals surface area contributed by atoms with Gasteiger partial charge in [0.05, 0.1) is 10.5 Å². The lowest BCUT2D eigenvalue weighted by Crippen LogP contribution is -2.46. The van der Waals surface area contributed by atoms with E-state index in [1.165, 1.54) is 24.6 Å². The van der Waals surface area contributed by atoms with E-state index in [9.17, 15) is 14.9 Å². The zero-order chi connectivity index (χ0) is 16.1. The van der Waals surface area contributed by atoms with Gasteiger partial charge in [0.25, 0.3) is 11.6 Å². The Morgan fingerprint density at radius 1 is 1.36 bits per heavy atom. The number of nitro benzene ring substituents is 1. The number of nitrogens with two attached hydrogens (primary N) is 2. The molecule has 0 saturated heterocycles. The fourth-order valence-corrected chi connectivity index (χ4v) is 3.06. The minimum Gasteiger partial charge on any atom is -0.393 e. The summed E-state index contributed by atoms with van der Waals surface area (Å²) in [5.74, 6) is -0.0372. The molecule has 120 valence electrons. The monoisotopic (exact) mass is 306 g/mol. The number of nitro groups is 1. The summed E-state index contributed by atoms with van der Waals surface area (Å²) in [5.41, 5.74) is 11.3. The second-order valence-corrected chi connectivity index (χ2v) is 5.71. The van der Waals surface area contributed by atoms with Crippen molar-refractivity contribution in [3.63, 3.8) is 0 Å². The molecular formula is C15H22N4O3. The van der Waals surface area contributed by atoms with Crippen LogP contribution in [0.25, 0.3) is 0 Å². The molecule has 1 fully saturated rings. The Hall–Kier alpha value is -2.15. The normalized spacial score (nSPS) is 17.0. The average molecular weight is 306 g/mol. The molecule has 22 heavy (non-hydrogen) atoms. The van der Waals surface area contributed by atoms with Crippen LogP contribution in [0.4, 0.5) is 11.4 Å². The molecule has 1 atom stereocenters. The summed E-state index contributed by atoms with van der Waals surface area (Å²) < 4.78 is 0. The summed E-state index contributed by atoms with van der Waals surface area (Å²) in [6.45, 7) is 0.352. The fourth-order valence-electron chi connectivity index (χ4n) is 3.06. The van der Waals surface area contributed by atoms with Gasteiger partial charge in [-0.15, -0.1) is 0 Å². The zero-order valence-corrected chi connectivity index (χ0v) is 12.5. The number of rotatable bonds is 5. The van der Waals surface area contributed by atoms with Crippen LogP contribution < -0.4 is 16.8 Å². The largest absolute Gasteiger partial charge is 0.393 e. The third kappa shape index (κ3) is 3.54. The van der Waals surface area contributed by atoms with Gasteiger partial charge in [-0.2, -0.15) is 0 Å². The van der Waals surface area contributed by atoms with Crippen molar-refractivity contribution in [1.82, 2.24) is 5.32 Å². The van der Waals surface area contributed by atoms with Crippen LogP contribution in [0, 0.1) is 16.0 Å². The molecule has 0 heterocycles. The Labute approximate surface area is 129 Å². The number of carbonyl (C=O) groups is 1. The number of hydrogen-bond donors (Lipinski definition) is 3. The first kappa shape index (κ1) is 16.2. The van der Waals surface area contributed by atoms with Gasteiger partial charge >= 0.3 is 0 Å². The van der Waals surface area contributed by atoms with Gasteiger partial charge in [0, 0.05) is 18.7 Å². The number of nitrogen functional groups attached to an aromatic ring is 1. The van der Waals surface area contributed by atoms with Crippen molar-refractivity contribution in [2.45, 2.75) is 38.1 Å². The highest BCUT2D eigenvalue weighted by atomic mass is 16.6. The molecule has 1 unspecified atom stereocenters. The molecule has 0 aliphatic heterocycles. The fraction of sp³-hybridized carbons (Fsp3) is 0.533. The Balaban J connectivity index is 2.13. The molecule has 1 aromatic rings. The molecule has 5 N–H and O–H groups in total. The van der Waals surface area contributed by atoms with Gasteiger partial charge in [-0.05, 0) is 24.8 Å². The molecule has 7 heteroatoms. The van der Waals surface area contributed by atoms with Crippen molar-refractivity contribution in [1.29, 1.82) is 0 Å². The van der Waals surface area contributed by atoms with E-state index in [0.717, 1.165) is 25.7 Å². The average Bonchev–Trinajstić information content (AvgIpc) is 2.53. The predicted molar refractivity (Wildman–Crippen MR) is 84.4 cm³/mol. The number of hydrogen-bond acceptors (Lipinski definition) is 5. The molecule has 0 spiro atoms. The van der Waals surface area contributed by atoms with Gasteiger partial charge in [-0.1, -0.05) is 25.3 Å². The molecule has 0 aromatic heterocycles. The number of benzene rings is 1. The number of amides is 1. The summed E-state index contributed by atoms with van der Waals surface area (Å²) >= 11 is 0. The van der Waals surface area contributed by atoms with Gasteiger partial charge in [-0.25, -0.2) is 0 Å². The van der Waals surface area contributed by atoms with Crippen LogP contribution in [-0.4, -0.2) is 23.4 Å². The SMILES string of the molecule is NCC(NC(=O)c1cccc([N+](=O)[O-])c1N)C1CCCCC1. The summed E-state index contributed by atoms with van der Waals surface area (Å²) in [5, 5.41) is 13.8. The highest BCUT2D eigenvalue weighted by Crippen LogP contribution is 2.28. The molecule has 1 saturated carbocycles.